The number of anilines is 1. The highest BCUT2D eigenvalue weighted by atomic mass is 16.5. The van der Waals surface area contributed by atoms with E-state index in [0.717, 1.165) is 37.6 Å². The third kappa shape index (κ3) is 3.06. The number of nitrogens with one attached hydrogen (secondary N) is 1. The lowest BCUT2D eigenvalue weighted by molar-refractivity contribution is 0.185. The maximum absolute atomic E-state index is 5.35. The van der Waals surface area contributed by atoms with E-state index >= 15 is 0 Å². The third-order valence-corrected chi connectivity index (χ3v) is 3.10. The average molecular weight is 237 g/mol. The van der Waals surface area contributed by atoms with Gasteiger partial charge in [0.1, 0.15) is 12.1 Å². The summed E-state index contributed by atoms with van der Waals surface area (Å²) in [7, 11) is 1.62. The highest BCUT2D eigenvalue weighted by Gasteiger charge is 2.15. The van der Waals surface area contributed by atoms with Gasteiger partial charge in [0.25, 0.3) is 0 Å². The van der Waals surface area contributed by atoms with Gasteiger partial charge in [-0.15, -0.1) is 0 Å². The summed E-state index contributed by atoms with van der Waals surface area (Å²) >= 11 is 0. The first-order valence-electron chi connectivity index (χ1n) is 5.98. The van der Waals surface area contributed by atoms with Crippen molar-refractivity contribution in [3.63, 3.8) is 0 Å². The molecule has 0 saturated carbocycles. The Kier molecular flexibility index (Phi) is 4.14. The van der Waals surface area contributed by atoms with E-state index in [-0.39, 0.29) is 0 Å². The Bertz CT molecular complexity index is 365. The van der Waals surface area contributed by atoms with Crippen LogP contribution in [0.2, 0.25) is 0 Å². The highest BCUT2D eigenvalue weighted by molar-refractivity contribution is 5.47. The van der Waals surface area contributed by atoms with E-state index in [4.69, 9.17) is 9.47 Å². The third-order valence-electron chi connectivity index (χ3n) is 3.10. The van der Waals surface area contributed by atoms with E-state index in [1.165, 1.54) is 12.7 Å². The zero-order valence-corrected chi connectivity index (χ0v) is 10.4. The monoisotopic (exact) mass is 237 g/mol. The molecule has 2 rings (SSSR count). The van der Waals surface area contributed by atoms with Crippen LogP contribution >= 0.6 is 0 Å². The lowest BCUT2D eigenvalue weighted by atomic mass is 10.1. The Hall–Kier alpha value is -1.36. The van der Waals surface area contributed by atoms with Crippen molar-refractivity contribution >= 4 is 5.82 Å². The van der Waals surface area contributed by atoms with Gasteiger partial charge in [-0.05, 0) is 25.7 Å². The van der Waals surface area contributed by atoms with Gasteiger partial charge >= 0.3 is 0 Å². The molecule has 0 bridgehead atoms. The summed E-state index contributed by atoms with van der Waals surface area (Å²) in [4.78, 5) is 8.27. The molecular formula is C12H19N3O2. The largest absolute Gasteiger partial charge is 0.481 e. The first-order valence-corrected chi connectivity index (χ1v) is 5.98. The van der Waals surface area contributed by atoms with E-state index in [2.05, 4.69) is 15.3 Å². The lowest BCUT2D eigenvalue weighted by Crippen LogP contribution is -2.11. The standard InChI is InChI=1S/C12H19N3O2/c1-9-11(14-8-15-12(9)16-2)13-5-3-10-4-6-17-7-10/h8,10H,3-7H2,1-2H3,(H,13,14,15). The predicted octanol–water partition coefficient (Wildman–Crippen LogP) is 1.63. The van der Waals surface area contributed by atoms with Gasteiger partial charge in [-0.2, -0.15) is 0 Å². The van der Waals surface area contributed by atoms with E-state index in [9.17, 15) is 0 Å². The number of nitrogens with zero attached hydrogens (tertiary/aromatic N) is 2. The second-order valence-electron chi connectivity index (χ2n) is 4.30. The molecule has 2 heterocycles. The second-order valence-corrected chi connectivity index (χ2v) is 4.30. The molecule has 17 heavy (non-hydrogen) atoms. The molecule has 1 fully saturated rings. The molecule has 1 N–H and O–H groups in total. The predicted molar refractivity (Wildman–Crippen MR) is 65.4 cm³/mol. The van der Waals surface area contributed by atoms with Crippen molar-refractivity contribution in [2.24, 2.45) is 5.92 Å². The van der Waals surface area contributed by atoms with Crippen molar-refractivity contribution in [2.45, 2.75) is 19.8 Å². The normalized spacial score (nSPS) is 19.3. The number of ether oxygens (including phenoxy) is 2. The maximum Gasteiger partial charge on any atom is 0.221 e. The minimum atomic E-state index is 0.631. The van der Waals surface area contributed by atoms with Gasteiger partial charge < -0.3 is 14.8 Å². The Morgan fingerprint density at radius 3 is 3.12 bits per heavy atom. The average Bonchev–Trinajstić information content (AvgIpc) is 2.84. The molecule has 1 aliphatic rings. The lowest BCUT2D eigenvalue weighted by Gasteiger charge is -2.12. The zero-order chi connectivity index (χ0) is 12.1. The molecule has 1 aliphatic heterocycles. The summed E-state index contributed by atoms with van der Waals surface area (Å²) < 4.78 is 10.5. The molecule has 94 valence electrons. The van der Waals surface area contributed by atoms with Crippen LogP contribution in [0, 0.1) is 12.8 Å². The van der Waals surface area contributed by atoms with Gasteiger partial charge in [0, 0.05) is 19.8 Å². The SMILES string of the molecule is COc1ncnc(NCCC2CCOC2)c1C. The Morgan fingerprint density at radius 1 is 1.53 bits per heavy atom. The first-order chi connectivity index (χ1) is 8.31. The van der Waals surface area contributed by atoms with E-state index in [1.807, 2.05) is 6.92 Å². The number of hydrogen-bond donors (Lipinski definition) is 1. The minimum Gasteiger partial charge on any atom is -0.481 e. The van der Waals surface area contributed by atoms with Gasteiger partial charge in [-0.1, -0.05) is 0 Å². The highest BCUT2D eigenvalue weighted by Crippen LogP contribution is 2.21. The minimum absolute atomic E-state index is 0.631. The number of hydrogen-bond acceptors (Lipinski definition) is 5. The second kappa shape index (κ2) is 5.82. The van der Waals surface area contributed by atoms with Crippen LogP contribution in [0.3, 0.4) is 0 Å². The molecule has 1 unspecified atom stereocenters. The van der Waals surface area contributed by atoms with Crippen LogP contribution in [-0.4, -0.2) is 36.8 Å². The summed E-state index contributed by atoms with van der Waals surface area (Å²) in [5, 5.41) is 3.33. The maximum atomic E-state index is 5.35. The van der Waals surface area contributed by atoms with Crippen molar-refractivity contribution in [2.75, 3.05) is 32.2 Å². The molecule has 1 saturated heterocycles. The van der Waals surface area contributed by atoms with E-state index in [0.29, 0.717) is 11.8 Å². The van der Waals surface area contributed by atoms with Crippen molar-refractivity contribution in [3.8, 4) is 5.88 Å². The number of rotatable bonds is 5. The molecule has 1 aromatic heterocycles. The quantitative estimate of drug-likeness (QED) is 0.843. The van der Waals surface area contributed by atoms with E-state index in [1.54, 1.807) is 7.11 Å². The van der Waals surface area contributed by atoms with Crippen LogP contribution in [0.15, 0.2) is 6.33 Å². The topological polar surface area (TPSA) is 56.3 Å². The summed E-state index contributed by atoms with van der Waals surface area (Å²) in [5.74, 6) is 2.18. The van der Waals surface area contributed by atoms with Crippen LogP contribution in [0.1, 0.15) is 18.4 Å². The summed E-state index contributed by atoms with van der Waals surface area (Å²) in [6.07, 6.45) is 3.81. The number of methoxy groups -OCH3 is 1. The molecule has 1 atom stereocenters. The number of aromatic nitrogens is 2. The van der Waals surface area contributed by atoms with Crippen LogP contribution in [0.25, 0.3) is 0 Å². The molecule has 0 amide bonds. The molecule has 5 heteroatoms. The fraction of sp³-hybridized carbons (Fsp3) is 0.667. The Labute approximate surface area is 102 Å². The Morgan fingerprint density at radius 2 is 2.41 bits per heavy atom. The van der Waals surface area contributed by atoms with Gasteiger partial charge in [-0.25, -0.2) is 9.97 Å². The van der Waals surface area contributed by atoms with E-state index < -0.39 is 0 Å². The van der Waals surface area contributed by atoms with Crippen molar-refractivity contribution in [1.82, 2.24) is 9.97 Å². The van der Waals surface area contributed by atoms with Gasteiger partial charge in [0.05, 0.1) is 12.7 Å². The fourth-order valence-electron chi connectivity index (χ4n) is 2.02. The summed E-state index contributed by atoms with van der Waals surface area (Å²) in [6.45, 7) is 4.67. The van der Waals surface area contributed by atoms with Crippen LogP contribution in [-0.2, 0) is 4.74 Å². The van der Waals surface area contributed by atoms with Crippen LogP contribution in [0.5, 0.6) is 5.88 Å². The van der Waals surface area contributed by atoms with Crippen molar-refractivity contribution < 1.29 is 9.47 Å². The molecule has 5 nitrogen and oxygen atoms in total. The van der Waals surface area contributed by atoms with Gasteiger partial charge in [0.15, 0.2) is 0 Å². The molecule has 0 spiro atoms. The zero-order valence-electron chi connectivity index (χ0n) is 10.4. The molecule has 0 radical (unpaired) electrons. The van der Waals surface area contributed by atoms with Gasteiger partial charge in [-0.3, -0.25) is 0 Å². The first kappa shape index (κ1) is 12.1. The summed E-state index contributed by atoms with van der Waals surface area (Å²) in [6, 6.07) is 0. The Balaban J connectivity index is 1.85. The van der Waals surface area contributed by atoms with Crippen LogP contribution in [0.4, 0.5) is 5.82 Å². The summed E-state index contributed by atoms with van der Waals surface area (Å²) in [5.41, 5.74) is 0.956. The van der Waals surface area contributed by atoms with Crippen LogP contribution < -0.4 is 10.1 Å². The molecule has 1 aromatic rings. The fourth-order valence-corrected chi connectivity index (χ4v) is 2.02. The smallest absolute Gasteiger partial charge is 0.221 e. The molecular weight excluding hydrogens is 218 g/mol. The van der Waals surface area contributed by atoms with Crippen molar-refractivity contribution in [1.29, 1.82) is 0 Å². The van der Waals surface area contributed by atoms with Gasteiger partial charge in [0.2, 0.25) is 5.88 Å². The van der Waals surface area contributed by atoms with Crippen molar-refractivity contribution in [3.05, 3.63) is 11.9 Å². The molecule has 0 aromatic carbocycles. The molecule has 0 aliphatic carbocycles.